The first kappa shape index (κ1) is 18.6. The SMILES string of the molecule is CCNC(=NCCCc1ccccc1)Nc1ccc(OC)c(OC)c1. The Kier molecular flexibility index (Phi) is 7.63. The molecule has 0 aromatic heterocycles. The van der Waals surface area contributed by atoms with E-state index in [1.807, 2.05) is 24.3 Å². The minimum Gasteiger partial charge on any atom is -0.493 e. The molecule has 134 valence electrons. The van der Waals surface area contributed by atoms with Crippen molar-refractivity contribution in [2.45, 2.75) is 19.8 Å². The zero-order valence-electron chi connectivity index (χ0n) is 15.2. The fourth-order valence-corrected chi connectivity index (χ4v) is 2.48. The van der Waals surface area contributed by atoms with Crippen molar-refractivity contribution < 1.29 is 9.47 Å². The highest BCUT2D eigenvalue weighted by atomic mass is 16.5. The van der Waals surface area contributed by atoms with Crippen LogP contribution >= 0.6 is 0 Å². The normalized spacial score (nSPS) is 11.1. The number of hydrogen-bond acceptors (Lipinski definition) is 3. The molecule has 2 N–H and O–H groups in total. The van der Waals surface area contributed by atoms with Crippen LogP contribution in [0.4, 0.5) is 5.69 Å². The quantitative estimate of drug-likeness (QED) is 0.436. The molecular formula is C20H27N3O2. The summed E-state index contributed by atoms with van der Waals surface area (Å²) in [6.07, 6.45) is 2.03. The van der Waals surface area contributed by atoms with Crippen LogP contribution in [0.5, 0.6) is 11.5 Å². The molecule has 0 fully saturated rings. The van der Waals surface area contributed by atoms with Gasteiger partial charge < -0.3 is 20.1 Å². The Labute approximate surface area is 150 Å². The molecule has 0 atom stereocenters. The molecule has 2 aromatic rings. The van der Waals surface area contributed by atoms with Crippen LogP contribution in [0.15, 0.2) is 53.5 Å². The van der Waals surface area contributed by atoms with Crippen LogP contribution in [0.1, 0.15) is 18.9 Å². The van der Waals surface area contributed by atoms with Gasteiger partial charge in [0.1, 0.15) is 0 Å². The van der Waals surface area contributed by atoms with Crippen LogP contribution in [0.3, 0.4) is 0 Å². The van der Waals surface area contributed by atoms with E-state index in [1.165, 1.54) is 5.56 Å². The number of benzene rings is 2. The summed E-state index contributed by atoms with van der Waals surface area (Å²) in [5.41, 5.74) is 2.25. The second-order valence-corrected chi connectivity index (χ2v) is 5.54. The minimum absolute atomic E-state index is 0.687. The standard InChI is InChI=1S/C20H27N3O2/c1-4-21-20(22-14-8-11-16-9-6-5-7-10-16)23-17-12-13-18(24-2)19(15-17)25-3/h5-7,9-10,12-13,15H,4,8,11,14H2,1-3H3,(H2,21,22,23). The van der Waals surface area contributed by atoms with Gasteiger partial charge >= 0.3 is 0 Å². The molecule has 25 heavy (non-hydrogen) atoms. The zero-order chi connectivity index (χ0) is 17.9. The van der Waals surface area contributed by atoms with Crippen molar-refractivity contribution in [3.05, 3.63) is 54.1 Å². The Hall–Kier alpha value is -2.69. The van der Waals surface area contributed by atoms with Gasteiger partial charge in [-0.05, 0) is 37.5 Å². The Morgan fingerprint density at radius 3 is 2.44 bits per heavy atom. The molecule has 5 heteroatoms. The van der Waals surface area contributed by atoms with Crippen molar-refractivity contribution in [1.82, 2.24) is 5.32 Å². The van der Waals surface area contributed by atoms with Crippen molar-refractivity contribution in [3.8, 4) is 11.5 Å². The number of rotatable bonds is 8. The number of aliphatic imine (C=N–C) groups is 1. The summed E-state index contributed by atoms with van der Waals surface area (Å²) in [4.78, 5) is 4.64. The summed E-state index contributed by atoms with van der Waals surface area (Å²) in [5.74, 6) is 2.16. The molecule has 0 saturated carbocycles. The van der Waals surface area contributed by atoms with Gasteiger partial charge in [0.15, 0.2) is 17.5 Å². The molecule has 0 aliphatic heterocycles. The van der Waals surface area contributed by atoms with E-state index in [2.05, 4.69) is 46.8 Å². The molecular weight excluding hydrogens is 314 g/mol. The number of anilines is 1. The van der Waals surface area contributed by atoms with E-state index < -0.39 is 0 Å². The maximum absolute atomic E-state index is 5.34. The Morgan fingerprint density at radius 2 is 1.76 bits per heavy atom. The molecule has 0 bridgehead atoms. The van der Waals surface area contributed by atoms with Gasteiger partial charge in [-0.15, -0.1) is 0 Å². The van der Waals surface area contributed by atoms with Gasteiger partial charge in [0.05, 0.1) is 14.2 Å². The van der Waals surface area contributed by atoms with Gasteiger partial charge in [-0.3, -0.25) is 4.99 Å². The van der Waals surface area contributed by atoms with Crippen molar-refractivity contribution in [3.63, 3.8) is 0 Å². The van der Waals surface area contributed by atoms with Crippen molar-refractivity contribution in [2.24, 2.45) is 4.99 Å². The average molecular weight is 341 g/mol. The summed E-state index contributed by atoms with van der Waals surface area (Å²) >= 11 is 0. The molecule has 0 unspecified atom stereocenters. The molecule has 0 aliphatic rings. The minimum atomic E-state index is 0.687. The molecule has 0 amide bonds. The van der Waals surface area contributed by atoms with E-state index in [9.17, 15) is 0 Å². The fraction of sp³-hybridized carbons (Fsp3) is 0.350. The van der Waals surface area contributed by atoms with Crippen LogP contribution in [-0.4, -0.2) is 33.3 Å². The van der Waals surface area contributed by atoms with Crippen LogP contribution in [0.25, 0.3) is 0 Å². The first-order valence-electron chi connectivity index (χ1n) is 8.58. The van der Waals surface area contributed by atoms with Gasteiger partial charge in [0.2, 0.25) is 0 Å². The third kappa shape index (κ3) is 6.03. The van der Waals surface area contributed by atoms with E-state index >= 15 is 0 Å². The number of nitrogens with one attached hydrogen (secondary N) is 2. The van der Waals surface area contributed by atoms with Gasteiger partial charge in [0, 0.05) is 24.8 Å². The lowest BCUT2D eigenvalue weighted by atomic mass is 10.1. The number of methoxy groups -OCH3 is 2. The molecule has 0 heterocycles. The maximum Gasteiger partial charge on any atom is 0.195 e. The van der Waals surface area contributed by atoms with Crippen LogP contribution in [0, 0.1) is 0 Å². The number of guanidine groups is 1. The summed E-state index contributed by atoms with van der Waals surface area (Å²) in [7, 11) is 3.26. The lowest BCUT2D eigenvalue weighted by Crippen LogP contribution is -2.30. The summed E-state index contributed by atoms with van der Waals surface area (Å²) in [5, 5.41) is 6.57. The third-order valence-electron chi connectivity index (χ3n) is 3.73. The van der Waals surface area contributed by atoms with E-state index in [4.69, 9.17) is 9.47 Å². The highest BCUT2D eigenvalue weighted by Crippen LogP contribution is 2.29. The van der Waals surface area contributed by atoms with E-state index in [0.717, 1.165) is 37.6 Å². The number of nitrogens with zero attached hydrogens (tertiary/aromatic N) is 1. The zero-order valence-corrected chi connectivity index (χ0v) is 15.2. The highest BCUT2D eigenvalue weighted by Gasteiger charge is 2.06. The van der Waals surface area contributed by atoms with Crippen LogP contribution in [0.2, 0.25) is 0 Å². The Balaban J connectivity index is 1.95. The van der Waals surface area contributed by atoms with Gasteiger partial charge in [-0.2, -0.15) is 0 Å². The van der Waals surface area contributed by atoms with Crippen LogP contribution in [-0.2, 0) is 6.42 Å². The van der Waals surface area contributed by atoms with Crippen molar-refractivity contribution in [2.75, 3.05) is 32.6 Å². The maximum atomic E-state index is 5.34. The van der Waals surface area contributed by atoms with Crippen molar-refractivity contribution >= 4 is 11.6 Å². The summed E-state index contributed by atoms with van der Waals surface area (Å²) < 4.78 is 10.6. The summed E-state index contributed by atoms with van der Waals surface area (Å²) in [6, 6.07) is 16.2. The molecule has 0 saturated heterocycles. The molecule has 2 rings (SSSR count). The number of hydrogen-bond donors (Lipinski definition) is 2. The molecule has 0 aliphatic carbocycles. The van der Waals surface area contributed by atoms with E-state index in [1.54, 1.807) is 14.2 Å². The fourth-order valence-electron chi connectivity index (χ4n) is 2.48. The van der Waals surface area contributed by atoms with E-state index in [-0.39, 0.29) is 0 Å². The van der Waals surface area contributed by atoms with Gasteiger partial charge in [-0.25, -0.2) is 0 Å². The largest absolute Gasteiger partial charge is 0.493 e. The Morgan fingerprint density at radius 1 is 1.00 bits per heavy atom. The lowest BCUT2D eigenvalue weighted by molar-refractivity contribution is 0.355. The Bertz CT molecular complexity index is 672. The number of ether oxygens (including phenoxy) is 2. The topological polar surface area (TPSA) is 54.9 Å². The highest BCUT2D eigenvalue weighted by molar-refractivity contribution is 5.93. The predicted octanol–water partition coefficient (Wildman–Crippen LogP) is 3.71. The molecule has 0 spiro atoms. The van der Waals surface area contributed by atoms with Gasteiger partial charge in [-0.1, -0.05) is 30.3 Å². The summed E-state index contributed by atoms with van der Waals surface area (Å²) in [6.45, 7) is 3.62. The van der Waals surface area contributed by atoms with Crippen LogP contribution < -0.4 is 20.1 Å². The average Bonchev–Trinajstić information content (AvgIpc) is 2.66. The predicted molar refractivity (Wildman–Crippen MR) is 104 cm³/mol. The molecule has 5 nitrogen and oxygen atoms in total. The lowest BCUT2D eigenvalue weighted by Gasteiger charge is -2.13. The first-order chi connectivity index (χ1) is 12.3. The van der Waals surface area contributed by atoms with Crippen molar-refractivity contribution in [1.29, 1.82) is 0 Å². The molecule has 0 radical (unpaired) electrons. The second kappa shape index (κ2) is 10.2. The smallest absolute Gasteiger partial charge is 0.195 e. The van der Waals surface area contributed by atoms with Gasteiger partial charge in [0.25, 0.3) is 0 Å². The molecule has 2 aromatic carbocycles. The third-order valence-corrected chi connectivity index (χ3v) is 3.73. The van der Waals surface area contributed by atoms with E-state index in [0.29, 0.717) is 11.5 Å². The monoisotopic (exact) mass is 341 g/mol. The second-order valence-electron chi connectivity index (χ2n) is 5.54. The first-order valence-corrected chi connectivity index (χ1v) is 8.58. The number of aryl methyl sites for hydroxylation is 1.